The molecule has 0 saturated carbocycles. The number of nitrogens with one attached hydrogen (secondary N) is 1. The molecule has 2 N–H and O–H groups in total. The Labute approximate surface area is 144 Å². The number of aliphatic hydroxyl groups is 1. The monoisotopic (exact) mass is 345 g/mol. The van der Waals surface area contributed by atoms with Gasteiger partial charge in [0.2, 0.25) is 5.78 Å². The quantitative estimate of drug-likeness (QED) is 0.491. The summed E-state index contributed by atoms with van der Waals surface area (Å²) < 4.78 is 5.05. The summed E-state index contributed by atoms with van der Waals surface area (Å²) in [6.45, 7) is 1.78. The number of amides is 1. The zero-order chi connectivity index (χ0) is 17.7. The highest BCUT2D eigenvalue weighted by Crippen LogP contribution is 2.21. The van der Waals surface area contributed by atoms with Gasteiger partial charge in [-0.3, -0.25) is 9.59 Å². The molecule has 24 heavy (non-hydrogen) atoms. The number of aryl methyl sites for hydroxylation is 1. The van der Waals surface area contributed by atoms with Gasteiger partial charge in [0.1, 0.15) is 11.5 Å². The van der Waals surface area contributed by atoms with E-state index in [9.17, 15) is 14.7 Å². The minimum Gasteiger partial charge on any atom is -0.507 e. The topological polar surface area (TPSA) is 75.6 Å². The van der Waals surface area contributed by atoms with E-state index in [1.807, 2.05) is 0 Å². The number of halogens is 1. The Kier molecular flexibility index (Phi) is 5.60. The summed E-state index contributed by atoms with van der Waals surface area (Å²) in [5.41, 5.74) is 1.58. The van der Waals surface area contributed by atoms with Crippen LogP contribution in [0.5, 0.6) is 5.75 Å². The van der Waals surface area contributed by atoms with Gasteiger partial charge in [-0.15, -0.1) is 0 Å². The average Bonchev–Trinajstić information content (AvgIpc) is 2.58. The van der Waals surface area contributed by atoms with Crippen molar-refractivity contribution >= 4 is 34.7 Å². The maximum Gasteiger partial charge on any atom is 0.296 e. The zero-order valence-corrected chi connectivity index (χ0v) is 13.9. The van der Waals surface area contributed by atoms with Crippen molar-refractivity contribution in [2.75, 3.05) is 12.4 Å². The Balaban J connectivity index is 2.15. The van der Waals surface area contributed by atoms with Crippen molar-refractivity contribution in [1.29, 1.82) is 0 Å². The van der Waals surface area contributed by atoms with Crippen LogP contribution in [0.4, 0.5) is 5.69 Å². The Bertz CT molecular complexity index is 814. The summed E-state index contributed by atoms with van der Waals surface area (Å²) in [4.78, 5) is 24.0. The molecule has 0 spiro atoms. The number of benzene rings is 2. The van der Waals surface area contributed by atoms with E-state index in [4.69, 9.17) is 16.3 Å². The predicted octanol–water partition coefficient (Wildman–Crippen LogP) is 3.76. The van der Waals surface area contributed by atoms with Gasteiger partial charge >= 0.3 is 0 Å². The lowest BCUT2D eigenvalue weighted by Crippen LogP contribution is -2.21. The molecule has 0 bridgehead atoms. The summed E-state index contributed by atoms with van der Waals surface area (Å²) in [5, 5.41) is 12.9. The van der Waals surface area contributed by atoms with E-state index in [0.717, 1.165) is 11.6 Å². The lowest BCUT2D eigenvalue weighted by molar-refractivity contribution is -0.131. The van der Waals surface area contributed by atoms with Gasteiger partial charge in [-0.25, -0.2) is 0 Å². The Morgan fingerprint density at radius 2 is 1.96 bits per heavy atom. The van der Waals surface area contributed by atoms with Crippen LogP contribution in [0, 0.1) is 6.92 Å². The summed E-state index contributed by atoms with van der Waals surface area (Å²) in [5.74, 6) is -1.54. The summed E-state index contributed by atoms with van der Waals surface area (Å²) >= 11 is 5.87. The number of methoxy groups -OCH3 is 1. The van der Waals surface area contributed by atoms with Crippen molar-refractivity contribution in [1.82, 2.24) is 0 Å². The van der Waals surface area contributed by atoms with Gasteiger partial charge in [-0.05, 0) is 36.8 Å². The fourth-order valence-corrected chi connectivity index (χ4v) is 2.14. The molecule has 0 unspecified atom stereocenters. The van der Waals surface area contributed by atoms with Crippen molar-refractivity contribution in [3.05, 3.63) is 64.7 Å². The normalized spacial score (nSPS) is 11.0. The molecule has 0 saturated heterocycles. The van der Waals surface area contributed by atoms with E-state index < -0.39 is 11.7 Å². The standard InChI is InChI=1S/C18H16ClNO4/c1-11-6-7-13(19)9-15(11)20-18(23)17(22)10-16(21)12-4-3-5-14(8-12)24-2/h3-10,21H,1-2H3,(H,20,23)/b16-10-. The van der Waals surface area contributed by atoms with Crippen LogP contribution in [0.3, 0.4) is 0 Å². The third kappa shape index (κ3) is 4.36. The van der Waals surface area contributed by atoms with Crippen molar-refractivity contribution in [3.8, 4) is 5.75 Å². The number of rotatable bonds is 5. The van der Waals surface area contributed by atoms with Gasteiger partial charge in [-0.1, -0.05) is 29.8 Å². The highest BCUT2D eigenvalue weighted by atomic mass is 35.5. The predicted molar refractivity (Wildman–Crippen MR) is 93.4 cm³/mol. The van der Waals surface area contributed by atoms with Crippen molar-refractivity contribution < 1.29 is 19.4 Å². The average molecular weight is 346 g/mol. The first-order valence-electron chi connectivity index (χ1n) is 7.07. The maximum atomic E-state index is 12.0. The number of aliphatic hydroxyl groups excluding tert-OH is 1. The van der Waals surface area contributed by atoms with E-state index in [1.165, 1.54) is 7.11 Å². The molecule has 2 aromatic rings. The third-order valence-electron chi connectivity index (χ3n) is 3.30. The van der Waals surface area contributed by atoms with Crippen LogP contribution >= 0.6 is 11.6 Å². The van der Waals surface area contributed by atoms with Crippen LogP contribution < -0.4 is 10.1 Å². The van der Waals surface area contributed by atoms with Gasteiger partial charge in [0, 0.05) is 22.3 Å². The molecular formula is C18H16ClNO4. The molecule has 2 aromatic carbocycles. The van der Waals surface area contributed by atoms with Crippen LogP contribution in [0.1, 0.15) is 11.1 Å². The highest BCUT2D eigenvalue weighted by Gasteiger charge is 2.14. The minimum absolute atomic E-state index is 0.322. The summed E-state index contributed by atoms with van der Waals surface area (Å²) in [7, 11) is 1.49. The van der Waals surface area contributed by atoms with Gasteiger partial charge in [0.05, 0.1) is 7.11 Å². The van der Waals surface area contributed by atoms with Crippen molar-refractivity contribution in [2.24, 2.45) is 0 Å². The molecule has 0 aliphatic heterocycles. The Hall–Kier alpha value is -2.79. The molecule has 0 radical (unpaired) electrons. The largest absolute Gasteiger partial charge is 0.507 e. The molecule has 124 valence electrons. The van der Waals surface area contributed by atoms with Gasteiger partial charge in [-0.2, -0.15) is 0 Å². The van der Waals surface area contributed by atoms with E-state index in [1.54, 1.807) is 49.4 Å². The molecule has 0 aromatic heterocycles. The molecule has 0 aliphatic carbocycles. The van der Waals surface area contributed by atoms with Gasteiger partial charge < -0.3 is 15.2 Å². The second kappa shape index (κ2) is 7.66. The fourth-order valence-electron chi connectivity index (χ4n) is 1.97. The number of carbonyl (C=O) groups excluding carboxylic acids is 2. The third-order valence-corrected chi connectivity index (χ3v) is 3.54. The lowest BCUT2D eigenvalue weighted by atomic mass is 10.1. The highest BCUT2D eigenvalue weighted by molar-refractivity contribution is 6.45. The molecule has 5 nitrogen and oxygen atoms in total. The van der Waals surface area contributed by atoms with E-state index in [0.29, 0.717) is 22.0 Å². The Morgan fingerprint density at radius 3 is 2.67 bits per heavy atom. The van der Waals surface area contributed by atoms with Crippen LogP contribution in [0.15, 0.2) is 48.5 Å². The fraction of sp³-hybridized carbons (Fsp3) is 0.111. The number of carbonyl (C=O) groups is 2. The maximum absolute atomic E-state index is 12.0. The first-order chi connectivity index (χ1) is 11.4. The van der Waals surface area contributed by atoms with E-state index >= 15 is 0 Å². The number of anilines is 1. The molecule has 6 heteroatoms. The number of ketones is 1. The zero-order valence-electron chi connectivity index (χ0n) is 13.2. The lowest BCUT2D eigenvalue weighted by Gasteiger charge is -2.07. The van der Waals surface area contributed by atoms with Gasteiger partial charge in [0.25, 0.3) is 5.91 Å². The summed E-state index contributed by atoms with van der Waals surface area (Å²) in [6.07, 6.45) is 0.865. The smallest absolute Gasteiger partial charge is 0.296 e. The summed E-state index contributed by atoms with van der Waals surface area (Å²) in [6, 6.07) is 11.5. The second-order valence-electron chi connectivity index (χ2n) is 5.04. The number of hydrogen-bond donors (Lipinski definition) is 2. The minimum atomic E-state index is -0.880. The Morgan fingerprint density at radius 1 is 1.21 bits per heavy atom. The molecular weight excluding hydrogens is 330 g/mol. The molecule has 0 aliphatic rings. The van der Waals surface area contributed by atoms with Crippen LogP contribution in [0.25, 0.3) is 5.76 Å². The second-order valence-corrected chi connectivity index (χ2v) is 5.48. The van der Waals surface area contributed by atoms with Crippen molar-refractivity contribution in [3.63, 3.8) is 0 Å². The number of ether oxygens (including phenoxy) is 1. The first kappa shape index (κ1) is 17.6. The van der Waals surface area contributed by atoms with Crippen LogP contribution in [-0.4, -0.2) is 23.9 Å². The van der Waals surface area contributed by atoms with Crippen LogP contribution in [0.2, 0.25) is 5.02 Å². The molecule has 0 atom stereocenters. The van der Waals surface area contributed by atoms with E-state index in [-0.39, 0.29) is 5.76 Å². The van der Waals surface area contributed by atoms with Crippen LogP contribution in [-0.2, 0) is 9.59 Å². The first-order valence-corrected chi connectivity index (χ1v) is 7.45. The molecule has 1 amide bonds. The van der Waals surface area contributed by atoms with Gasteiger partial charge in [0.15, 0.2) is 0 Å². The molecule has 0 fully saturated rings. The van der Waals surface area contributed by atoms with E-state index in [2.05, 4.69) is 5.32 Å². The molecule has 2 rings (SSSR count). The number of hydrogen-bond acceptors (Lipinski definition) is 4. The molecule has 0 heterocycles. The SMILES string of the molecule is COc1cccc(/C(O)=C/C(=O)C(=O)Nc2cc(Cl)ccc2C)c1. The van der Waals surface area contributed by atoms with Crippen molar-refractivity contribution in [2.45, 2.75) is 6.92 Å².